The van der Waals surface area contributed by atoms with Gasteiger partial charge >= 0.3 is 0 Å². The van der Waals surface area contributed by atoms with Crippen LogP contribution in [0.4, 0.5) is 5.13 Å². The lowest BCUT2D eigenvalue weighted by molar-refractivity contribution is 0.0931. The molecule has 0 unspecified atom stereocenters. The normalized spacial score (nSPS) is 17.4. The van der Waals surface area contributed by atoms with E-state index in [4.69, 9.17) is 4.98 Å². The summed E-state index contributed by atoms with van der Waals surface area (Å²) in [5.41, 5.74) is 1.65. The number of nitrogens with zero attached hydrogens (tertiary/aromatic N) is 2. The number of hydrogen-bond donors (Lipinski definition) is 2. The highest BCUT2D eigenvalue weighted by molar-refractivity contribution is 7.22. The predicted molar refractivity (Wildman–Crippen MR) is 104 cm³/mol. The minimum absolute atomic E-state index is 0.00367. The summed E-state index contributed by atoms with van der Waals surface area (Å²) in [5, 5.41) is 3.99. The number of amides is 1. The van der Waals surface area contributed by atoms with Crippen molar-refractivity contribution in [1.82, 2.24) is 15.3 Å². The highest BCUT2D eigenvalue weighted by Crippen LogP contribution is 2.30. The van der Waals surface area contributed by atoms with Crippen molar-refractivity contribution in [3.05, 3.63) is 58.0 Å². The summed E-state index contributed by atoms with van der Waals surface area (Å²) in [6.45, 7) is 3.42. The number of aromatic nitrogens is 2. The smallest absolute Gasteiger partial charge is 0.257 e. The first-order valence-corrected chi connectivity index (χ1v) is 9.52. The van der Waals surface area contributed by atoms with Gasteiger partial charge in [-0.05, 0) is 31.9 Å². The summed E-state index contributed by atoms with van der Waals surface area (Å²) < 4.78 is 1.17. The molecule has 0 bridgehead atoms. The van der Waals surface area contributed by atoms with E-state index in [1.807, 2.05) is 18.2 Å². The lowest BCUT2D eigenvalue weighted by Crippen LogP contribution is -2.48. The van der Waals surface area contributed by atoms with Gasteiger partial charge in [-0.3, -0.25) is 9.59 Å². The minimum atomic E-state index is -0.317. The molecule has 0 saturated carbocycles. The zero-order valence-corrected chi connectivity index (χ0v) is 15.3. The molecule has 1 atom stereocenters. The molecule has 4 rings (SSSR count). The minimum Gasteiger partial charge on any atom is -0.364 e. The van der Waals surface area contributed by atoms with Crippen molar-refractivity contribution < 1.29 is 4.79 Å². The fourth-order valence-electron chi connectivity index (χ4n) is 3.28. The van der Waals surface area contributed by atoms with Gasteiger partial charge in [-0.2, -0.15) is 0 Å². The van der Waals surface area contributed by atoms with Crippen LogP contribution in [0.25, 0.3) is 10.2 Å². The molecule has 0 aliphatic carbocycles. The Labute approximate surface area is 154 Å². The van der Waals surface area contributed by atoms with Crippen molar-refractivity contribution in [2.24, 2.45) is 0 Å². The molecule has 1 aliphatic rings. The summed E-state index contributed by atoms with van der Waals surface area (Å²) >= 11 is 1.67. The van der Waals surface area contributed by atoms with Gasteiger partial charge in [0.15, 0.2) is 10.6 Å². The maximum Gasteiger partial charge on any atom is 0.257 e. The molecule has 1 aromatic carbocycles. The number of hydrogen-bond acceptors (Lipinski definition) is 5. The van der Waals surface area contributed by atoms with E-state index in [0.717, 1.165) is 35.7 Å². The number of aromatic amines is 1. The fraction of sp³-hybridized carbons (Fsp3) is 0.316. The van der Waals surface area contributed by atoms with E-state index in [9.17, 15) is 9.59 Å². The number of fused-ring (bicyclic) bond motifs is 1. The number of thiazole rings is 1. The van der Waals surface area contributed by atoms with Crippen molar-refractivity contribution in [2.45, 2.75) is 25.8 Å². The molecule has 1 saturated heterocycles. The number of para-hydroxylation sites is 1. The summed E-state index contributed by atoms with van der Waals surface area (Å²) in [4.78, 5) is 34.3. The third-order valence-corrected chi connectivity index (χ3v) is 5.71. The Morgan fingerprint density at radius 3 is 3.04 bits per heavy atom. The van der Waals surface area contributed by atoms with Crippen LogP contribution in [-0.2, 0) is 0 Å². The molecule has 2 N–H and O–H groups in total. The van der Waals surface area contributed by atoms with Gasteiger partial charge in [0.1, 0.15) is 5.56 Å². The number of carbonyl (C=O) groups is 1. The maximum atomic E-state index is 12.5. The van der Waals surface area contributed by atoms with Crippen LogP contribution in [0, 0.1) is 6.92 Å². The van der Waals surface area contributed by atoms with Crippen molar-refractivity contribution >= 4 is 32.6 Å². The zero-order chi connectivity index (χ0) is 18.1. The largest absolute Gasteiger partial charge is 0.364 e. The Bertz CT molecular complexity index is 977. The Balaban J connectivity index is 1.48. The number of carbonyl (C=O) groups excluding carboxylic acids is 1. The van der Waals surface area contributed by atoms with Crippen LogP contribution in [0.3, 0.4) is 0 Å². The second kappa shape index (κ2) is 6.92. The fourth-order valence-corrected chi connectivity index (χ4v) is 4.28. The molecular formula is C19H20N4O2S. The molecule has 7 heteroatoms. The van der Waals surface area contributed by atoms with Gasteiger partial charge in [0, 0.05) is 37.1 Å². The van der Waals surface area contributed by atoms with E-state index >= 15 is 0 Å². The van der Waals surface area contributed by atoms with Gasteiger partial charge in [-0.15, -0.1) is 0 Å². The van der Waals surface area contributed by atoms with Gasteiger partial charge in [0.05, 0.1) is 10.2 Å². The molecule has 3 heterocycles. The van der Waals surface area contributed by atoms with Crippen LogP contribution in [0.2, 0.25) is 0 Å². The van der Waals surface area contributed by atoms with Crippen molar-refractivity contribution in [3.63, 3.8) is 0 Å². The Morgan fingerprint density at radius 1 is 1.38 bits per heavy atom. The topological polar surface area (TPSA) is 78.1 Å². The van der Waals surface area contributed by atoms with Gasteiger partial charge in [0.25, 0.3) is 5.91 Å². The van der Waals surface area contributed by atoms with E-state index < -0.39 is 0 Å². The number of H-pyrrole nitrogens is 1. The summed E-state index contributed by atoms with van der Waals surface area (Å²) in [5.74, 6) is -0.317. The van der Waals surface area contributed by atoms with Crippen LogP contribution in [0.5, 0.6) is 0 Å². The van der Waals surface area contributed by atoms with E-state index in [2.05, 4.69) is 21.3 Å². The summed E-state index contributed by atoms with van der Waals surface area (Å²) in [6.07, 6.45) is 3.36. The molecule has 0 spiro atoms. The van der Waals surface area contributed by atoms with E-state index in [0.29, 0.717) is 6.54 Å². The summed E-state index contributed by atoms with van der Waals surface area (Å²) in [7, 11) is 0. The highest BCUT2D eigenvalue weighted by atomic mass is 32.1. The van der Waals surface area contributed by atoms with Crippen molar-refractivity contribution in [2.75, 3.05) is 18.0 Å². The van der Waals surface area contributed by atoms with Gasteiger partial charge in [-0.1, -0.05) is 23.5 Å². The molecule has 2 aromatic heterocycles. The molecule has 134 valence electrons. The predicted octanol–water partition coefficient (Wildman–Crippen LogP) is 2.69. The average Bonchev–Trinajstić information content (AvgIpc) is 3.06. The number of rotatable bonds is 3. The van der Waals surface area contributed by atoms with E-state index in [-0.39, 0.29) is 22.9 Å². The molecule has 0 radical (unpaired) electrons. The van der Waals surface area contributed by atoms with Crippen molar-refractivity contribution in [1.29, 1.82) is 0 Å². The number of benzene rings is 1. The molecule has 6 nitrogen and oxygen atoms in total. The first-order valence-electron chi connectivity index (χ1n) is 8.71. The lowest BCUT2D eigenvalue weighted by atomic mass is 10.1. The van der Waals surface area contributed by atoms with Crippen LogP contribution in [0.1, 0.15) is 28.9 Å². The number of aryl methyl sites for hydroxylation is 1. The number of nitrogens with one attached hydrogen (secondary N) is 2. The van der Waals surface area contributed by atoms with Crippen LogP contribution in [0.15, 0.2) is 41.3 Å². The maximum absolute atomic E-state index is 12.5. The van der Waals surface area contributed by atoms with Crippen LogP contribution in [-0.4, -0.2) is 35.0 Å². The van der Waals surface area contributed by atoms with E-state index in [1.54, 1.807) is 18.3 Å². The standard InChI is InChI=1S/C19H20N4O2S/c1-12-9-16(24)14(10-20-12)18(25)21-13-5-4-8-23(11-13)19-22-15-6-2-3-7-17(15)26-19/h2-3,6-7,9-10,13H,4-5,8,11H2,1H3,(H,20,24)(H,21,25)/t13-/m0/s1. The van der Waals surface area contributed by atoms with E-state index in [1.165, 1.54) is 17.0 Å². The molecule has 1 amide bonds. The average molecular weight is 368 g/mol. The zero-order valence-electron chi connectivity index (χ0n) is 14.5. The van der Waals surface area contributed by atoms with Gasteiger partial charge in [0.2, 0.25) is 0 Å². The summed E-state index contributed by atoms with van der Waals surface area (Å²) in [6, 6.07) is 9.55. The number of piperidine rings is 1. The van der Waals surface area contributed by atoms with Crippen LogP contribution < -0.4 is 15.6 Å². The van der Waals surface area contributed by atoms with Crippen molar-refractivity contribution in [3.8, 4) is 0 Å². The van der Waals surface area contributed by atoms with Gasteiger partial charge < -0.3 is 15.2 Å². The molecular weight excluding hydrogens is 348 g/mol. The van der Waals surface area contributed by atoms with Gasteiger partial charge in [-0.25, -0.2) is 4.98 Å². The number of anilines is 1. The third-order valence-electron chi connectivity index (χ3n) is 4.61. The quantitative estimate of drug-likeness (QED) is 0.745. The Morgan fingerprint density at radius 2 is 2.23 bits per heavy atom. The Hall–Kier alpha value is -2.67. The molecule has 26 heavy (non-hydrogen) atoms. The second-order valence-corrected chi connectivity index (χ2v) is 7.63. The lowest BCUT2D eigenvalue weighted by Gasteiger charge is -2.32. The molecule has 1 fully saturated rings. The molecule has 1 aliphatic heterocycles. The number of pyridine rings is 1. The molecule has 3 aromatic rings. The third kappa shape index (κ3) is 3.35. The first kappa shape index (κ1) is 16.8. The monoisotopic (exact) mass is 368 g/mol. The SMILES string of the molecule is Cc1cc(=O)c(C(=O)N[C@H]2CCCN(c3nc4ccccc4s3)C2)c[nH]1. The second-order valence-electron chi connectivity index (χ2n) is 6.62. The van der Waals surface area contributed by atoms with Crippen LogP contribution >= 0.6 is 11.3 Å². The first-order chi connectivity index (χ1) is 12.6. The highest BCUT2D eigenvalue weighted by Gasteiger charge is 2.24. The Kier molecular flexibility index (Phi) is 4.46.